The summed E-state index contributed by atoms with van der Waals surface area (Å²) in [6.45, 7) is 1.85. The van der Waals surface area contributed by atoms with Gasteiger partial charge in [0.05, 0.1) is 18.6 Å². The summed E-state index contributed by atoms with van der Waals surface area (Å²) in [6, 6.07) is 15.1. The normalized spacial score (nSPS) is 11.4. The van der Waals surface area contributed by atoms with Crippen LogP contribution >= 0.6 is 46.5 Å². The van der Waals surface area contributed by atoms with Crippen LogP contribution in [0.25, 0.3) is 0 Å². The number of carbonyl (C=O) groups excluding carboxylic acids is 1. The molecular formula is C22H22ClN9O2S3. The summed E-state index contributed by atoms with van der Waals surface area (Å²) in [5.41, 5.74) is 5.55. The molecule has 0 saturated heterocycles. The minimum atomic E-state index is -0.263. The van der Waals surface area contributed by atoms with E-state index in [0.29, 0.717) is 15.3 Å². The van der Waals surface area contributed by atoms with E-state index in [9.17, 15) is 4.79 Å². The van der Waals surface area contributed by atoms with E-state index in [4.69, 9.17) is 22.2 Å². The molecule has 0 aliphatic carbocycles. The molecule has 37 heavy (non-hydrogen) atoms. The van der Waals surface area contributed by atoms with Crippen LogP contribution in [0, 0.1) is 0 Å². The molecule has 0 fully saturated rings. The lowest BCUT2D eigenvalue weighted by Gasteiger charge is -2.05. The number of amides is 1. The van der Waals surface area contributed by atoms with Crippen LogP contribution in [0.15, 0.2) is 63.1 Å². The van der Waals surface area contributed by atoms with Crippen LogP contribution in [-0.4, -0.2) is 49.6 Å². The van der Waals surface area contributed by atoms with E-state index in [1.165, 1.54) is 27.8 Å². The number of ether oxygens (including phenoxy) is 1. The van der Waals surface area contributed by atoms with Gasteiger partial charge in [0.1, 0.15) is 5.75 Å². The van der Waals surface area contributed by atoms with Crippen LogP contribution in [0.1, 0.15) is 18.1 Å². The van der Waals surface area contributed by atoms with E-state index >= 15 is 0 Å². The lowest BCUT2D eigenvalue weighted by atomic mass is 10.1. The summed E-state index contributed by atoms with van der Waals surface area (Å²) < 4.78 is 7.15. The number of halogens is 1. The molecule has 11 nitrogen and oxygen atoms in total. The Morgan fingerprint density at radius 1 is 1.11 bits per heavy atom. The largest absolute Gasteiger partial charge is 0.497 e. The van der Waals surface area contributed by atoms with Gasteiger partial charge in [-0.05, 0) is 54.4 Å². The van der Waals surface area contributed by atoms with Crippen LogP contribution in [0.4, 0.5) is 11.1 Å². The minimum Gasteiger partial charge on any atom is -0.497 e. The van der Waals surface area contributed by atoms with Crippen LogP contribution in [0.2, 0.25) is 5.02 Å². The number of carbonyl (C=O) groups is 1. The number of nitrogens with two attached hydrogens (primary N) is 1. The molecule has 15 heteroatoms. The zero-order valence-corrected chi connectivity index (χ0v) is 22.9. The van der Waals surface area contributed by atoms with Gasteiger partial charge in [0.15, 0.2) is 4.34 Å². The molecule has 2 aromatic heterocycles. The van der Waals surface area contributed by atoms with E-state index in [1.54, 1.807) is 7.11 Å². The summed E-state index contributed by atoms with van der Waals surface area (Å²) >= 11 is 9.89. The van der Waals surface area contributed by atoms with Gasteiger partial charge in [-0.15, -0.1) is 20.4 Å². The van der Waals surface area contributed by atoms with Gasteiger partial charge in [0, 0.05) is 10.8 Å². The Hall–Kier alpha value is -3.33. The molecule has 2 aromatic carbocycles. The van der Waals surface area contributed by atoms with Crippen molar-refractivity contribution < 1.29 is 9.53 Å². The number of hydrogen-bond acceptors (Lipinski definition) is 12. The standard InChI is InChI=1S/C22H22ClN9O2S3/c1-13(15-5-9-17(34-2)10-6-15)26-27-19-28-30-21(32(19)24)35-12-18(33)25-20-29-31-22(37-20)36-11-14-3-7-16(23)8-4-14/h3-10H,11-12,24H2,1-2H3,(H,27,28)(H,25,29,33)/b26-13+. The maximum absolute atomic E-state index is 12.4. The van der Waals surface area contributed by atoms with E-state index in [2.05, 4.69) is 36.2 Å². The molecule has 192 valence electrons. The molecule has 4 N–H and O–H groups in total. The first-order valence-corrected chi connectivity index (χ1v) is 13.9. The molecule has 0 atom stereocenters. The van der Waals surface area contributed by atoms with Crippen LogP contribution < -0.4 is 21.3 Å². The predicted octanol–water partition coefficient (Wildman–Crippen LogP) is 4.36. The zero-order valence-electron chi connectivity index (χ0n) is 19.7. The Labute approximate surface area is 230 Å². The number of aromatic nitrogens is 5. The Morgan fingerprint density at radius 3 is 2.59 bits per heavy atom. The number of hydrogen-bond donors (Lipinski definition) is 3. The highest BCUT2D eigenvalue weighted by Crippen LogP contribution is 2.29. The molecule has 2 heterocycles. The zero-order chi connectivity index (χ0) is 26.2. The molecular weight excluding hydrogens is 554 g/mol. The maximum atomic E-state index is 12.4. The van der Waals surface area contributed by atoms with Gasteiger partial charge < -0.3 is 10.6 Å². The van der Waals surface area contributed by atoms with Crippen molar-refractivity contribution in [1.29, 1.82) is 0 Å². The molecule has 0 aliphatic heterocycles. The first kappa shape index (κ1) is 26.7. The maximum Gasteiger partial charge on any atom is 0.264 e. The number of nitrogen functional groups attached to an aromatic ring is 1. The van der Waals surface area contributed by atoms with Crippen LogP contribution in [0.3, 0.4) is 0 Å². The fourth-order valence-corrected chi connectivity index (χ4v) is 5.32. The monoisotopic (exact) mass is 575 g/mol. The third kappa shape index (κ3) is 7.58. The van der Waals surface area contributed by atoms with Crippen LogP contribution in [0.5, 0.6) is 5.75 Å². The smallest absolute Gasteiger partial charge is 0.264 e. The molecule has 0 saturated carbocycles. The SMILES string of the molecule is COc1ccc(/C(C)=N/Nc2nnc(SCC(=O)Nc3nnc(SCc4ccc(Cl)cc4)s3)n2N)cc1. The highest BCUT2D eigenvalue weighted by atomic mass is 35.5. The molecule has 0 bridgehead atoms. The van der Waals surface area contributed by atoms with Gasteiger partial charge in [0.25, 0.3) is 5.95 Å². The van der Waals surface area contributed by atoms with Crippen molar-refractivity contribution in [2.75, 3.05) is 29.4 Å². The van der Waals surface area contributed by atoms with E-state index in [0.717, 1.165) is 44.4 Å². The van der Waals surface area contributed by atoms with Gasteiger partial charge in [-0.3, -0.25) is 10.1 Å². The minimum absolute atomic E-state index is 0.0658. The van der Waals surface area contributed by atoms with Crippen molar-refractivity contribution in [3.63, 3.8) is 0 Å². The number of nitrogens with zero attached hydrogens (tertiary/aromatic N) is 6. The topological polar surface area (TPSA) is 145 Å². The lowest BCUT2D eigenvalue weighted by Crippen LogP contribution is -2.17. The van der Waals surface area contributed by atoms with Crippen LogP contribution in [-0.2, 0) is 10.5 Å². The van der Waals surface area contributed by atoms with Crippen molar-refractivity contribution >= 4 is 69.2 Å². The lowest BCUT2D eigenvalue weighted by molar-refractivity contribution is -0.113. The second-order valence-corrected chi connectivity index (χ2v) is 10.9. The Morgan fingerprint density at radius 2 is 1.86 bits per heavy atom. The second-order valence-electron chi connectivity index (χ2n) is 7.34. The number of methoxy groups -OCH3 is 1. The van der Waals surface area contributed by atoms with E-state index in [1.807, 2.05) is 55.5 Å². The molecule has 1 amide bonds. The van der Waals surface area contributed by atoms with Crippen molar-refractivity contribution in [3.05, 3.63) is 64.7 Å². The van der Waals surface area contributed by atoms with Gasteiger partial charge >= 0.3 is 0 Å². The summed E-state index contributed by atoms with van der Waals surface area (Å²) in [4.78, 5) is 12.4. The van der Waals surface area contributed by atoms with Crippen molar-refractivity contribution in [2.45, 2.75) is 22.2 Å². The number of hydrazone groups is 1. The number of anilines is 2. The number of benzene rings is 2. The van der Waals surface area contributed by atoms with Gasteiger partial charge in [0.2, 0.25) is 16.2 Å². The third-order valence-corrected chi connectivity index (χ3v) is 7.99. The van der Waals surface area contributed by atoms with Gasteiger partial charge in [-0.2, -0.15) is 5.10 Å². The number of rotatable bonds is 11. The quantitative estimate of drug-likeness (QED) is 0.0774. The Bertz CT molecular complexity index is 1380. The summed E-state index contributed by atoms with van der Waals surface area (Å²) in [6.07, 6.45) is 0. The average molecular weight is 576 g/mol. The van der Waals surface area contributed by atoms with E-state index < -0.39 is 0 Å². The number of nitrogens with one attached hydrogen (secondary N) is 2. The Balaban J connectivity index is 1.25. The number of thioether (sulfide) groups is 2. The molecule has 4 rings (SSSR count). The fraction of sp³-hybridized carbons (Fsp3) is 0.182. The van der Waals surface area contributed by atoms with Gasteiger partial charge in [-0.25, -0.2) is 10.1 Å². The highest BCUT2D eigenvalue weighted by Gasteiger charge is 2.14. The van der Waals surface area contributed by atoms with Crippen molar-refractivity contribution in [2.24, 2.45) is 5.10 Å². The van der Waals surface area contributed by atoms with Gasteiger partial charge in [-0.1, -0.05) is 58.6 Å². The van der Waals surface area contributed by atoms with E-state index in [-0.39, 0.29) is 17.6 Å². The highest BCUT2D eigenvalue weighted by molar-refractivity contribution is 8.00. The molecule has 0 spiro atoms. The second kappa shape index (κ2) is 12.8. The molecule has 0 unspecified atom stereocenters. The van der Waals surface area contributed by atoms with Crippen molar-refractivity contribution in [3.8, 4) is 5.75 Å². The molecule has 0 radical (unpaired) electrons. The summed E-state index contributed by atoms with van der Waals surface area (Å²) in [7, 11) is 1.61. The summed E-state index contributed by atoms with van der Waals surface area (Å²) in [5, 5.41) is 24.7. The third-order valence-electron chi connectivity index (χ3n) is 4.76. The fourth-order valence-electron chi connectivity index (χ4n) is 2.81. The molecule has 4 aromatic rings. The predicted molar refractivity (Wildman–Crippen MR) is 149 cm³/mol. The Kier molecular flexibility index (Phi) is 9.22. The molecule has 0 aliphatic rings. The first-order chi connectivity index (χ1) is 17.9. The average Bonchev–Trinajstić information content (AvgIpc) is 3.51. The van der Waals surface area contributed by atoms with Crippen molar-refractivity contribution in [1.82, 2.24) is 25.1 Å². The summed E-state index contributed by atoms with van der Waals surface area (Å²) in [5.74, 6) is 7.58. The first-order valence-electron chi connectivity index (χ1n) is 10.7.